The molecule has 0 saturated heterocycles. The predicted octanol–water partition coefficient (Wildman–Crippen LogP) is 9.94. The Kier molecular flexibility index (Phi) is 17.1. The number of hydrogen-bond donors (Lipinski definition) is 0. The quantitative estimate of drug-likeness (QED) is 0.0957. The normalized spacial score (nSPS) is 23.9. The molecule has 6 heteroatoms. The molecule has 0 aromatic rings. The molecule has 0 amide bonds. The second kappa shape index (κ2) is 20.2. The summed E-state index contributed by atoms with van der Waals surface area (Å²) in [6, 6.07) is 0. The van der Waals surface area contributed by atoms with Crippen molar-refractivity contribution in [1.29, 1.82) is 0 Å². The molecule has 0 bridgehead atoms. The summed E-state index contributed by atoms with van der Waals surface area (Å²) in [5, 5.41) is 0. The van der Waals surface area contributed by atoms with Crippen LogP contribution in [0.2, 0.25) is 0 Å². The van der Waals surface area contributed by atoms with E-state index in [-0.39, 0.29) is 46.0 Å². The van der Waals surface area contributed by atoms with E-state index in [2.05, 4.69) is 71.9 Å². The number of carbonyl (C=O) groups is 4. The van der Waals surface area contributed by atoms with Crippen LogP contribution in [0.4, 0.5) is 0 Å². The number of allylic oxidation sites excluding steroid dienone is 19. The smallest absolute Gasteiger partial charge is 0.306 e. The summed E-state index contributed by atoms with van der Waals surface area (Å²) >= 11 is 0. The number of Topliss-reactive ketones (excluding diaryl/α,β-unsaturated/α-hetero) is 3. The zero-order valence-electron chi connectivity index (χ0n) is 33.8. The van der Waals surface area contributed by atoms with Crippen molar-refractivity contribution >= 4 is 23.3 Å². The van der Waals surface area contributed by atoms with E-state index in [1.54, 1.807) is 0 Å². The first-order chi connectivity index (χ1) is 24.2. The van der Waals surface area contributed by atoms with Gasteiger partial charge in [0, 0.05) is 25.2 Å². The molecule has 0 heterocycles. The van der Waals surface area contributed by atoms with Crippen molar-refractivity contribution in [1.82, 2.24) is 4.90 Å². The van der Waals surface area contributed by atoms with E-state index in [1.165, 1.54) is 0 Å². The molecule has 1 fully saturated rings. The summed E-state index contributed by atoms with van der Waals surface area (Å²) < 4.78 is 5.63. The molecule has 3 unspecified atom stereocenters. The molecule has 0 radical (unpaired) electrons. The Labute approximate surface area is 314 Å². The molecule has 2 rings (SSSR count). The van der Waals surface area contributed by atoms with Crippen LogP contribution in [-0.2, 0) is 23.9 Å². The lowest BCUT2D eigenvalue weighted by molar-refractivity contribution is -0.156. The van der Waals surface area contributed by atoms with Gasteiger partial charge in [0.05, 0.1) is 0 Å². The lowest BCUT2D eigenvalue weighted by Crippen LogP contribution is -2.43. The Balaban J connectivity index is 1.94. The van der Waals surface area contributed by atoms with Crippen LogP contribution in [0, 0.1) is 22.7 Å². The van der Waals surface area contributed by atoms with E-state index >= 15 is 0 Å². The van der Waals surface area contributed by atoms with E-state index in [0.717, 1.165) is 34.4 Å². The van der Waals surface area contributed by atoms with Gasteiger partial charge in [-0.15, -0.1) is 0 Å². The Morgan fingerprint density at radius 1 is 0.788 bits per heavy atom. The Bertz CT molecular complexity index is 1640. The van der Waals surface area contributed by atoms with Crippen molar-refractivity contribution in [3.63, 3.8) is 0 Å². The molecular weight excluding hydrogens is 647 g/mol. The highest BCUT2D eigenvalue weighted by atomic mass is 16.5. The Hall–Kier alpha value is -4.16. The first-order valence-corrected chi connectivity index (χ1v) is 18.5. The van der Waals surface area contributed by atoms with E-state index in [4.69, 9.17) is 4.74 Å². The molecule has 0 spiro atoms. The molecule has 0 aliphatic heterocycles. The Morgan fingerprint density at radius 3 is 1.87 bits per heavy atom. The lowest BCUT2D eigenvalue weighted by Gasteiger charge is -2.39. The van der Waals surface area contributed by atoms with Gasteiger partial charge in [-0.25, -0.2) is 0 Å². The van der Waals surface area contributed by atoms with Crippen LogP contribution >= 0.6 is 0 Å². The van der Waals surface area contributed by atoms with Crippen LogP contribution in [0.3, 0.4) is 0 Å². The highest BCUT2D eigenvalue weighted by Crippen LogP contribution is 2.42. The minimum Gasteiger partial charge on any atom is -0.454 e. The maximum atomic E-state index is 13.1. The van der Waals surface area contributed by atoms with Crippen molar-refractivity contribution in [2.24, 2.45) is 22.7 Å². The van der Waals surface area contributed by atoms with Crippen LogP contribution in [0.1, 0.15) is 94.9 Å². The van der Waals surface area contributed by atoms with Crippen LogP contribution in [0.15, 0.2) is 119 Å². The van der Waals surface area contributed by atoms with Gasteiger partial charge in [-0.2, -0.15) is 0 Å². The SMILES string of the molecule is CC(C=CC1C(C)C(=O)C(=O)CC1(C)C)=C/C=C/C(C)=C/C=C/C=C(C)/C=C/C=C(\C)C=CC1=C(C)C(=O)C(OC(=O)CCCN(C)C)CC1(C)C. The molecule has 2 aliphatic carbocycles. The molecule has 0 N–H and O–H groups in total. The van der Waals surface area contributed by atoms with Gasteiger partial charge in [-0.05, 0) is 89.6 Å². The van der Waals surface area contributed by atoms with Gasteiger partial charge in [0.1, 0.15) is 0 Å². The third kappa shape index (κ3) is 14.1. The Morgan fingerprint density at radius 2 is 1.31 bits per heavy atom. The fraction of sp³-hybridized carbons (Fsp3) is 0.478. The van der Waals surface area contributed by atoms with Gasteiger partial charge in [0.2, 0.25) is 5.78 Å². The van der Waals surface area contributed by atoms with Crippen LogP contribution in [0.25, 0.3) is 0 Å². The predicted molar refractivity (Wildman–Crippen MR) is 216 cm³/mol. The minimum atomic E-state index is -0.730. The highest BCUT2D eigenvalue weighted by Gasteiger charge is 2.44. The first-order valence-electron chi connectivity index (χ1n) is 18.5. The van der Waals surface area contributed by atoms with Crippen LogP contribution in [0.5, 0.6) is 0 Å². The number of ether oxygens (including phenoxy) is 1. The molecular formula is C46H63NO5. The summed E-state index contributed by atoms with van der Waals surface area (Å²) in [6.45, 7) is 21.0. The number of nitrogens with zero attached hydrogens (tertiary/aromatic N) is 1. The molecule has 3 atom stereocenters. The number of esters is 1. The molecule has 0 aromatic carbocycles. The molecule has 0 aromatic heterocycles. The topological polar surface area (TPSA) is 80.7 Å². The third-order valence-corrected chi connectivity index (χ3v) is 9.84. The van der Waals surface area contributed by atoms with E-state index < -0.39 is 6.10 Å². The third-order valence-electron chi connectivity index (χ3n) is 9.84. The van der Waals surface area contributed by atoms with E-state index in [9.17, 15) is 19.2 Å². The fourth-order valence-electron chi connectivity index (χ4n) is 6.70. The van der Waals surface area contributed by atoms with Gasteiger partial charge < -0.3 is 9.64 Å². The first kappa shape index (κ1) is 44.0. The fourth-order valence-corrected chi connectivity index (χ4v) is 6.70. The van der Waals surface area contributed by atoms with Gasteiger partial charge in [-0.1, -0.05) is 142 Å². The molecule has 6 nitrogen and oxygen atoms in total. The number of rotatable bonds is 15. The number of ketones is 3. The van der Waals surface area contributed by atoms with Crippen molar-refractivity contribution in [2.45, 2.75) is 101 Å². The lowest BCUT2D eigenvalue weighted by atomic mass is 9.63. The summed E-state index contributed by atoms with van der Waals surface area (Å²) in [6.07, 6.45) is 29.6. The largest absolute Gasteiger partial charge is 0.454 e. The molecule has 52 heavy (non-hydrogen) atoms. The zero-order valence-corrected chi connectivity index (χ0v) is 33.8. The monoisotopic (exact) mass is 709 g/mol. The van der Waals surface area contributed by atoms with Crippen molar-refractivity contribution in [3.05, 3.63) is 119 Å². The average Bonchev–Trinajstić information content (AvgIpc) is 3.03. The molecule has 2 aliphatic rings. The maximum Gasteiger partial charge on any atom is 0.306 e. The molecule has 1 saturated carbocycles. The summed E-state index contributed by atoms with van der Waals surface area (Å²) in [5.74, 6) is -1.18. The van der Waals surface area contributed by atoms with Gasteiger partial charge in [-0.3, -0.25) is 19.2 Å². The second-order valence-corrected chi connectivity index (χ2v) is 16.1. The van der Waals surface area contributed by atoms with Gasteiger partial charge in [0.25, 0.3) is 0 Å². The van der Waals surface area contributed by atoms with Crippen molar-refractivity contribution < 1.29 is 23.9 Å². The average molecular weight is 710 g/mol. The number of hydrogen-bond acceptors (Lipinski definition) is 6. The summed E-state index contributed by atoms with van der Waals surface area (Å²) in [5.41, 5.74) is 5.45. The standard InChI is InChI=1S/C46H63NO5/c1-32(20-15-22-34(3)25-27-38-36(5)43(50)40(48)30-45(38,7)8)18-13-14-19-33(2)21-16-23-35(4)26-28-39-37(6)44(51)41(31-46(39,9)10)52-42(49)24-17-29-47(11)12/h13-16,18-23,25-28,36,38,41H,17,24,29-31H2,1-12H3/b14-13+,20-15+,21-16+,27-25?,28-26?,32-18+,33-19+,34-22?,35-23+. The van der Waals surface area contributed by atoms with Crippen LogP contribution < -0.4 is 0 Å². The van der Waals surface area contributed by atoms with E-state index in [0.29, 0.717) is 31.3 Å². The van der Waals surface area contributed by atoms with E-state index in [1.807, 2.05) is 101 Å². The minimum absolute atomic E-state index is 0.0348. The van der Waals surface area contributed by atoms with Crippen molar-refractivity contribution in [2.75, 3.05) is 20.6 Å². The van der Waals surface area contributed by atoms with Crippen LogP contribution in [-0.4, -0.2) is 55.0 Å². The summed E-state index contributed by atoms with van der Waals surface area (Å²) in [4.78, 5) is 51.8. The van der Waals surface area contributed by atoms with Gasteiger partial charge in [0.15, 0.2) is 17.7 Å². The zero-order chi connectivity index (χ0) is 39.2. The molecule has 282 valence electrons. The van der Waals surface area contributed by atoms with Crippen molar-refractivity contribution in [3.8, 4) is 0 Å². The maximum absolute atomic E-state index is 13.1. The second-order valence-electron chi connectivity index (χ2n) is 16.1. The number of carbonyl (C=O) groups excluding carboxylic acids is 4. The highest BCUT2D eigenvalue weighted by molar-refractivity contribution is 6.38. The van der Waals surface area contributed by atoms with Gasteiger partial charge >= 0.3 is 5.97 Å². The summed E-state index contributed by atoms with van der Waals surface area (Å²) in [7, 11) is 3.93.